The fourth-order valence-corrected chi connectivity index (χ4v) is 1.97. The highest BCUT2D eigenvalue weighted by molar-refractivity contribution is 6.30. The van der Waals surface area contributed by atoms with Crippen molar-refractivity contribution in [2.24, 2.45) is 0 Å². The summed E-state index contributed by atoms with van der Waals surface area (Å²) in [6.45, 7) is 6.67. The summed E-state index contributed by atoms with van der Waals surface area (Å²) in [5, 5.41) is 3.67. The number of likely N-dealkylation sites (N-methyl/N-ethyl adjacent to an activating group) is 1. The SMILES string of the molecule is CC(C)NC(=O)[C@H](C)[NH+](C)Cc1cccc(Cl)c1. The van der Waals surface area contributed by atoms with E-state index in [1.54, 1.807) is 0 Å². The Kier molecular flexibility index (Phi) is 5.63. The van der Waals surface area contributed by atoms with E-state index >= 15 is 0 Å². The summed E-state index contributed by atoms with van der Waals surface area (Å²) < 4.78 is 0. The monoisotopic (exact) mass is 269 g/mol. The normalized spacial score (nSPS) is 14.3. The smallest absolute Gasteiger partial charge is 0.278 e. The number of benzene rings is 1. The lowest BCUT2D eigenvalue weighted by atomic mass is 10.2. The van der Waals surface area contributed by atoms with Crippen molar-refractivity contribution >= 4 is 17.5 Å². The summed E-state index contributed by atoms with van der Waals surface area (Å²) in [5.74, 6) is 0.0875. The van der Waals surface area contributed by atoms with Crippen LogP contribution in [0.1, 0.15) is 26.3 Å². The Morgan fingerprint density at radius 3 is 2.61 bits per heavy atom. The van der Waals surface area contributed by atoms with Crippen LogP contribution in [-0.2, 0) is 11.3 Å². The number of amides is 1. The number of carbonyl (C=O) groups is 1. The van der Waals surface area contributed by atoms with Gasteiger partial charge in [-0.3, -0.25) is 4.79 Å². The number of halogens is 1. The second-order valence-corrected chi connectivity index (χ2v) is 5.47. The van der Waals surface area contributed by atoms with E-state index in [-0.39, 0.29) is 18.0 Å². The van der Waals surface area contributed by atoms with Crippen LogP contribution < -0.4 is 10.2 Å². The third-order valence-electron chi connectivity index (χ3n) is 2.94. The van der Waals surface area contributed by atoms with Crippen LogP contribution in [0.4, 0.5) is 0 Å². The van der Waals surface area contributed by atoms with Gasteiger partial charge in [-0.15, -0.1) is 0 Å². The molecule has 0 bridgehead atoms. The van der Waals surface area contributed by atoms with Gasteiger partial charge < -0.3 is 10.2 Å². The van der Waals surface area contributed by atoms with E-state index in [9.17, 15) is 4.79 Å². The van der Waals surface area contributed by atoms with Crippen molar-refractivity contribution in [3.63, 3.8) is 0 Å². The molecule has 1 unspecified atom stereocenters. The van der Waals surface area contributed by atoms with E-state index < -0.39 is 0 Å². The number of hydrogen-bond donors (Lipinski definition) is 2. The van der Waals surface area contributed by atoms with E-state index in [1.807, 2.05) is 52.1 Å². The first-order chi connectivity index (χ1) is 8.40. The molecule has 0 aliphatic carbocycles. The summed E-state index contributed by atoms with van der Waals surface area (Å²) in [6.07, 6.45) is 0. The molecule has 0 heterocycles. The second kappa shape index (κ2) is 6.76. The van der Waals surface area contributed by atoms with Crippen LogP contribution in [0.3, 0.4) is 0 Å². The Bertz CT molecular complexity index is 407. The van der Waals surface area contributed by atoms with E-state index in [0.717, 1.165) is 22.0 Å². The third kappa shape index (κ3) is 4.67. The number of nitrogens with one attached hydrogen (secondary N) is 2. The molecule has 4 heteroatoms. The van der Waals surface area contributed by atoms with E-state index in [4.69, 9.17) is 11.6 Å². The number of rotatable bonds is 5. The van der Waals surface area contributed by atoms with Gasteiger partial charge in [0.05, 0.1) is 7.05 Å². The van der Waals surface area contributed by atoms with Gasteiger partial charge in [0.15, 0.2) is 6.04 Å². The van der Waals surface area contributed by atoms with E-state index in [0.29, 0.717) is 0 Å². The zero-order valence-electron chi connectivity index (χ0n) is 11.5. The number of hydrogen-bond acceptors (Lipinski definition) is 1. The fraction of sp³-hybridized carbons (Fsp3) is 0.500. The minimum Gasteiger partial charge on any atom is -0.349 e. The van der Waals surface area contributed by atoms with Gasteiger partial charge in [0.1, 0.15) is 6.54 Å². The summed E-state index contributed by atoms with van der Waals surface area (Å²) in [5.41, 5.74) is 1.14. The lowest BCUT2D eigenvalue weighted by Gasteiger charge is -2.22. The van der Waals surface area contributed by atoms with Crippen molar-refractivity contribution in [2.75, 3.05) is 7.05 Å². The van der Waals surface area contributed by atoms with E-state index in [2.05, 4.69) is 5.32 Å². The summed E-state index contributed by atoms with van der Waals surface area (Å²) >= 11 is 5.95. The topological polar surface area (TPSA) is 33.5 Å². The van der Waals surface area contributed by atoms with Gasteiger partial charge in [-0.2, -0.15) is 0 Å². The van der Waals surface area contributed by atoms with Gasteiger partial charge in [-0.05, 0) is 32.9 Å². The molecule has 0 fully saturated rings. The molecular weight excluding hydrogens is 248 g/mol. The lowest BCUT2D eigenvalue weighted by molar-refractivity contribution is -0.908. The number of quaternary nitrogens is 1. The molecule has 0 aliphatic rings. The molecule has 0 saturated carbocycles. The average Bonchev–Trinajstić information content (AvgIpc) is 2.27. The zero-order valence-corrected chi connectivity index (χ0v) is 12.2. The fourth-order valence-electron chi connectivity index (χ4n) is 1.76. The molecule has 0 aromatic heterocycles. The first kappa shape index (κ1) is 15.0. The molecule has 100 valence electrons. The molecule has 18 heavy (non-hydrogen) atoms. The summed E-state index contributed by atoms with van der Waals surface area (Å²) in [6, 6.07) is 7.87. The van der Waals surface area contributed by atoms with Crippen LogP contribution in [0.5, 0.6) is 0 Å². The Hall–Kier alpha value is -1.06. The van der Waals surface area contributed by atoms with Crippen LogP contribution in [0, 0.1) is 0 Å². The van der Waals surface area contributed by atoms with Crippen LogP contribution in [0.25, 0.3) is 0 Å². The molecule has 1 rings (SSSR count). The Balaban J connectivity index is 2.59. The zero-order chi connectivity index (χ0) is 13.7. The summed E-state index contributed by atoms with van der Waals surface area (Å²) in [7, 11) is 2.02. The van der Waals surface area contributed by atoms with Gasteiger partial charge in [-0.25, -0.2) is 0 Å². The molecule has 2 N–H and O–H groups in total. The molecule has 1 aromatic rings. The molecule has 0 radical (unpaired) electrons. The predicted molar refractivity (Wildman–Crippen MR) is 74.8 cm³/mol. The minimum absolute atomic E-state index is 0.0774. The molecule has 1 aromatic carbocycles. The predicted octanol–water partition coefficient (Wildman–Crippen LogP) is 1.27. The standard InChI is InChI=1S/C14H21ClN2O/c1-10(2)16-14(18)11(3)17(4)9-12-6-5-7-13(15)8-12/h5-8,10-11H,9H2,1-4H3,(H,16,18)/p+1/t11-/m0/s1. The van der Waals surface area contributed by atoms with Gasteiger partial charge in [0.2, 0.25) is 0 Å². The highest BCUT2D eigenvalue weighted by Gasteiger charge is 2.22. The largest absolute Gasteiger partial charge is 0.349 e. The molecule has 0 aliphatic heterocycles. The van der Waals surface area contributed by atoms with Gasteiger partial charge >= 0.3 is 0 Å². The van der Waals surface area contributed by atoms with Crippen LogP contribution in [0.15, 0.2) is 24.3 Å². The third-order valence-corrected chi connectivity index (χ3v) is 3.17. The Morgan fingerprint density at radius 1 is 1.39 bits per heavy atom. The molecule has 2 atom stereocenters. The molecule has 3 nitrogen and oxygen atoms in total. The first-order valence-corrected chi connectivity index (χ1v) is 6.65. The molecule has 0 spiro atoms. The van der Waals surface area contributed by atoms with Crippen LogP contribution in [-0.4, -0.2) is 25.0 Å². The van der Waals surface area contributed by atoms with Crippen molar-refractivity contribution in [3.8, 4) is 0 Å². The van der Waals surface area contributed by atoms with Gasteiger partial charge in [0, 0.05) is 16.6 Å². The molecule has 0 saturated heterocycles. The Morgan fingerprint density at radius 2 is 2.06 bits per heavy atom. The van der Waals surface area contributed by atoms with Gasteiger partial charge in [0.25, 0.3) is 5.91 Å². The highest BCUT2D eigenvalue weighted by Crippen LogP contribution is 2.09. The molecular formula is C14H22ClN2O+. The average molecular weight is 270 g/mol. The van der Waals surface area contributed by atoms with Crippen molar-refractivity contribution in [2.45, 2.75) is 39.4 Å². The second-order valence-electron chi connectivity index (χ2n) is 5.04. The van der Waals surface area contributed by atoms with Crippen LogP contribution in [0.2, 0.25) is 5.02 Å². The van der Waals surface area contributed by atoms with Crippen molar-refractivity contribution < 1.29 is 9.69 Å². The van der Waals surface area contributed by atoms with Crippen molar-refractivity contribution in [1.82, 2.24) is 5.32 Å². The minimum atomic E-state index is -0.0774. The Labute approximate surface area is 114 Å². The number of carbonyl (C=O) groups excluding carboxylic acids is 1. The van der Waals surface area contributed by atoms with Gasteiger partial charge in [-0.1, -0.05) is 23.7 Å². The maximum absolute atomic E-state index is 11.9. The van der Waals surface area contributed by atoms with Crippen molar-refractivity contribution in [3.05, 3.63) is 34.9 Å². The van der Waals surface area contributed by atoms with E-state index in [1.165, 1.54) is 0 Å². The maximum Gasteiger partial charge on any atom is 0.278 e. The first-order valence-electron chi connectivity index (χ1n) is 6.27. The maximum atomic E-state index is 11.9. The molecule has 1 amide bonds. The summed E-state index contributed by atoms with van der Waals surface area (Å²) in [4.78, 5) is 13.0. The van der Waals surface area contributed by atoms with Crippen molar-refractivity contribution in [1.29, 1.82) is 0 Å². The lowest BCUT2D eigenvalue weighted by Crippen LogP contribution is -3.12. The quantitative estimate of drug-likeness (QED) is 0.829. The van der Waals surface area contributed by atoms with Crippen LogP contribution >= 0.6 is 11.6 Å². The highest BCUT2D eigenvalue weighted by atomic mass is 35.5.